The highest BCUT2D eigenvalue weighted by Gasteiger charge is 2.54. The Morgan fingerprint density at radius 3 is 2.13 bits per heavy atom. The van der Waals surface area contributed by atoms with Crippen molar-refractivity contribution >= 4 is 17.3 Å². The summed E-state index contributed by atoms with van der Waals surface area (Å²) in [5.41, 5.74) is 3.85. The van der Waals surface area contributed by atoms with E-state index >= 15 is 0 Å². The molecule has 4 aromatic carbocycles. The zero-order chi connectivity index (χ0) is 26.8. The minimum atomic E-state index is -0.896. The van der Waals surface area contributed by atoms with E-state index in [4.69, 9.17) is 26.1 Å². The quantitative estimate of drug-likeness (QED) is 0.235. The first kappa shape index (κ1) is 24.8. The largest absolute Gasteiger partial charge is 0.493 e. The molecule has 2 unspecified atom stereocenters. The van der Waals surface area contributed by atoms with Gasteiger partial charge in [-0.1, -0.05) is 96.5 Å². The lowest BCUT2D eigenvalue weighted by Gasteiger charge is -2.44. The van der Waals surface area contributed by atoms with E-state index in [-0.39, 0.29) is 0 Å². The minimum Gasteiger partial charge on any atom is -0.493 e. The van der Waals surface area contributed by atoms with Crippen LogP contribution in [0.5, 0.6) is 11.5 Å². The van der Waals surface area contributed by atoms with Crippen molar-refractivity contribution < 1.29 is 9.47 Å². The Bertz CT molecular complexity index is 1610. The van der Waals surface area contributed by atoms with Crippen molar-refractivity contribution in [1.82, 2.24) is 9.66 Å². The molecule has 6 nitrogen and oxygen atoms in total. The van der Waals surface area contributed by atoms with Gasteiger partial charge in [-0.2, -0.15) is 0 Å². The lowest BCUT2D eigenvalue weighted by molar-refractivity contribution is 0.353. The molecule has 1 aliphatic rings. The Kier molecular flexibility index (Phi) is 6.55. The maximum Gasteiger partial charge on any atom is 0.164 e. The fourth-order valence-electron chi connectivity index (χ4n) is 5.45. The van der Waals surface area contributed by atoms with Crippen molar-refractivity contribution in [3.63, 3.8) is 0 Å². The highest BCUT2D eigenvalue weighted by Crippen LogP contribution is 2.50. The molecule has 0 fully saturated rings. The first-order valence-electron chi connectivity index (χ1n) is 12.6. The SMILES string of the molecule is COc1ccc(C2(c3ccccc3)C(c3ccccc3)=NC(c3ccccc3Cl)N2n2ccnc2)cc1OC. The number of rotatable bonds is 7. The molecule has 2 atom stereocenters. The summed E-state index contributed by atoms with van der Waals surface area (Å²) in [6.07, 6.45) is 5.04. The molecule has 0 radical (unpaired) electrons. The summed E-state index contributed by atoms with van der Waals surface area (Å²) in [4.78, 5) is 9.89. The monoisotopic (exact) mass is 534 g/mol. The van der Waals surface area contributed by atoms with Gasteiger partial charge in [-0.05, 0) is 34.9 Å². The van der Waals surface area contributed by atoms with Crippen molar-refractivity contribution in [2.75, 3.05) is 19.2 Å². The second kappa shape index (κ2) is 10.3. The Labute approximate surface area is 232 Å². The summed E-state index contributed by atoms with van der Waals surface area (Å²) < 4.78 is 13.4. The molecule has 0 aliphatic carbocycles. The minimum absolute atomic E-state index is 0.462. The van der Waals surface area contributed by atoms with Crippen molar-refractivity contribution in [3.8, 4) is 11.5 Å². The van der Waals surface area contributed by atoms with Crippen LogP contribution in [0.3, 0.4) is 0 Å². The van der Waals surface area contributed by atoms with Crippen LogP contribution in [-0.4, -0.2) is 29.6 Å². The molecular weight excluding hydrogens is 508 g/mol. The van der Waals surface area contributed by atoms with Crippen LogP contribution >= 0.6 is 11.6 Å². The van der Waals surface area contributed by atoms with Gasteiger partial charge in [0.2, 0.25) is 0 Å². The number of ether oxygens (including phenoxy) is 2. The number of halogens is 1. The number of hydrogen-bond donors (Lipinski definition) is 0. The molecule has 39 heavy (non-hydrogen) atoms. The van der Waals surface area contributed by atoms with Crippen molar-refractivity contribution in [2.45, 2.75) is 11.7 Å². The highest BCUT2D eigenvalue weighted by atomic mass is 35.5. The van der Waals surface area contributed by atoms with Crippen LogP contribution < -0.4 is 14.5 Å². The van der Waals surface area contributed by atoms with Gasteiger partial charge in [0.05, 0.1) is 19.9 Å². The van der Waals surface area contributed by atoms with Crippen molar-refractivity contribution in [2.24, 2.45) is 4.99 Å². The summed E-state index contributed by atoms with van der Waals surface area (Å²) in [6, 6.07) is 34.6. The highest BCUT2D eigenvalue weighted by molar-refractivity contribution is 6.31. The van der Waals surface area contributed by atoms with E-state index in [2.05, 4.69) is 52.5 Å². The van der Waals surface area contributed by atoms with E-state index in [9.17, 15) is 0 Å². The van der Waals surface area contributed by atoms with Gasteiger partial charge >= 0.3 is 0 Å². The molecule has 2 heterocycles. The van der Waals surface area contributed by atoms with Crippen LogP contribution in [0.25, 0.3) is 0 Å². The zero-order valence-corrected chi connectivity index (χ0v) is 22.4. The standard InChI is InChI=1S/C32H27ClN4O2/c1-38-28-18-17-25(21-29(28)39-2)32(24-13-7-4-8-14-24)30(23-11-5-3-6-12-23)35-31(26-15-9-10-16-27(26)33)37(32)36-20-19-34-22-36/h3-22,31H,1-2H3. The molecule has 6 rings (SSSR count). The smallest absolute Gasteiger partial charge is 0.164 e. The molecule has 0 spiro atoms. The topological polar surface area (TPSA) is 51.9 Å². The Hall–Kier alpha value is -4.55. The molecule has 0 saturated carbocycles. The van der Waals surface area contributed by atoms with Gasteiger partial charge in [-0.3, -0.25) is 10.0 Å². The molecule has 0 N–H and O–H groups in total. The zero-order valence-electron chi connectivity index (χ0n) is 21.6. The lowest BCUT2D eigenvalue weighted by atomic mass is 9.76. The Balaban J connectivity index is 1.75. The van der Waals surface area contributed by atoms with Gasteiger partial charge in [-0.15, -0.1) is 0 Å². The second-order valence-corrected chi connectivity index (χ2v) is 9.58. The average molecular weight is 535 g/mol. The number of imidazole rings is 1. The van der Waals surface area contributed by atoms with Gasteiger partial charge in [0.25, 0.3) is 0 Å². The van der Waals surface area contributed by atoms with Gasteiger partial charge in [0.15, 0.2) is 23.2 Å². The molecule has 0 bridgehead atoms. The van der Waals surface area contributed by atoms with Crippen LogP contribution in [0.2, 0.25) is 5.02 Å². The third kappa shape index (κ3) is 4.04. The van der Waals surface area contributed by atoms with Crippen LogP contribution in [0.15, 0.2) is 127 Å². The van der Waals surface area contributed by atoms with E-state index in [1.165, 1.54) is 0 Å². The van der Waals surface area contributed by atoms with Crippen LogP contribution in [-0.2, 0) is 5.54 Å². The fraction of sp³-hybridized carbons (Fsp3) is 0.125. The lowest BCUT2D eigenvalue weighted by Crippen LogP contribution is -2.54. The van der Waals surface area contributed by atoms with E-state index in [1.54, 1.807) is 26.7 Å². The predicted molar refractivity (Wildman–Crippen MR) is 154 cm³/mol. The summed E-state index contributed by atoms with van der Waals surface area (Å²) in [6.45, 7) is 0. The van der Waals surface area contributed by atoms with E-state index < -0.39 is 11.7 Å². The molecule has 7 heteroatoms. The number of benzene rings is 4. The number of hydrogen-bond acceptors (Lipinski definition) is 5. The molecule has 1 aromatic heterocycles. The normalized spacial score (nSPS) is 18.6. The maximum absolute atomic E-state index is 6.84. The number of aliphatic imine (C=N–C) groups is 1. The molecule has 1 aliphatic heterocycles. The second-order valence-electron chi connectivity index (χ2n) is 9.17. The summed E-state index contributed by atoms with van der Waals surface area (Å²) in [7, 11) is 3.29. The van der Waals surface area contributed by atoms with Gasteiger partial charge in [-0.25, -0.2) is 9.66 Å². The molecule has 194 valence electrons. The third-order valence-corrected chi connectivity index (χ3v) is 7.48. The van der Waals surface area contributed by atoms with Crippen LogP contribution in [0.4, 0.5) is 0 Å². The van der Waals surface area contributed by atoms with Crippen LogP contribution in [0.1, 0.15) is 28.4 Å². The predicted octanol–water partition coefficient (Wildman–Crippen LogP) is 6.64. The van der Waals surface area contributed by atoms with Crippen molar-refractivity contribution in [1.29, 1.82) is 0 Å². The first-order valence-corrected chi connectivity index (χ1v) is 13.0. The molecule has 0 amide bonds. The van der Waals surface area contributed by atoms with E-state index in [1.807, 2.05) is 71.5 Å². The van der Waals surface area contributed by atoms with E-state index in [0.29, 0.717) is 16.5 Å². The van der Waals surface area contributed by atoms with Gasteiger partial charge < -0.3 is 9.47 Å². The van der Waals surface area contributed by atoms with E-state index in [0.717, 1.165) is 28.0 Å². The fourth-order valence-corrected chi connectivity index (χ4v) is 5.69. The first-order chi connectivity index (χ1) is 19.2. The average Bonchev–Trinajstić information content (AvgIpc) is 3.65. The number of methoxy groups -OCH3 is 2. The van der Waals surface area contributed by atoms with Crippen molar-refractivity contribution in [3.05, 3.63) is 149 Å². The summed E-state index contributed by atoms with van der Waals surface area (Å²) in [5, 5.41) is 2.88. The number of nitrogens with zero attached hydrogens (tertiary/aromatic N) is 4. The summed E-state index contributed by atoms with van der Waals surface area (Å²) in [5.74, 6) is 1.28. The Morgan fingerprint density at radius 1 is 0.769 bits per heavy atom. The maximum atomic E-state index is 6.84. The summed E-state index contributed by atoms with van der Waals surface area (Å²) >= 11 is 6.84. The van der Waals surface area contributed by atoms with Gasteiger partial charge in [0, 0.05) is 23.0 Å². The van der Waals surface area contributed by atoms with Gasteiger partial charge in [0.1, 0.15) is 6.33 Å². The molecule has 5 aromatic rings. The molecular formula is C32H27ClN4O2. The Morgan fingerprint density at radius 2 is 1.46 bits per heavy atom. The number of aromatic nitrogens is 2. The third-order valence-electron chi connectivity index (χ3n) is 7.13. The molecule has 0 saturated heterocycles. The van der Waals surface area contributed by atoms with Crippen LogP contribution in [0, 0.1) is 0 Å².